The molecule has 0 aliphatic carbocycles. The van der Waals surface area contributed by atoms with E-state index in [4.69, 9.17) is 4.74 Å². The zero-order valence-corrected chi connectivity index (χ0v) is 12.1. The molecule has 0 saturated carbocycles. The number of ether oxygens (including phenoxy) is 1. The van der Waals surface area contributed by atoms with Crippen LogP contribution in [0.15, 0.2) is 12.1 Å². The van der Waals surface area contributed by atoms with E-state index in [1.165, 1.54) is 5.56 Å². The second-order valence-electron chi connectivity index (χ2n) is 4.73. The Morgan fingerprint density at radius 2 is 1.94 bits per heavy atom. The summed E-state index contributed by atoms with van der Waals surface area (Å²) in [4.78, 5) is 4.43. The minimum atomic E-state index is 0.629. The Balaban J connectivity index is 2.61. The van der Waals surface area contributed by atoms with Crippen LogP contribution in [0.5, 0.6) is 5.88 Å². The van der Waals surface area contributed by atoms with Gasteiger partial charge in [-0.2, -0.15) is 0 Å². The van der Waals surface area contributed by atoms with Gasteiger partial charge in [-0.05, 0) is 31.0 Å². The van der Waals surface area contributed by atoms with Crippen molar-refractivity contribution in [3.05, 3.63) is 23.4 Å². The van der Waals surface area contributed by atoms with E-state index >= 15 is 0 Å². The minimum Gasteiger partial charge on any atom is -0.477 e. The molecular formula is C15H26N2O. The van der Waals surface area contributed by atoms with Gasteiger partial charge in [-0.3, -0.25) is 0 Å². The largest absolute Gasteiger partial charge is 0.477 e. The van der Waals surface area contributed by atoms with Crippen LogP contribution in [0, 0.1) is 12.8 Å². The molecule has 0 spiro atoms. The number of aromatic nitrogens is 1. The molecule has 1 aromatic rings. The van der Waals surface area contributed by atoms with E-state index < -0.39 is 0 Å². The number of rotatable bonds is 8. The highest BCUT2D eigenvalue weighted by Gasteiger charge is 2.06. The molecule has 0 aliphatic heterocycles. The molecule has 1 aromatic heterocycles. The third-order valence-corrected chi connectivity index (χ3v) is 3.19. The Kier molecular flexibility index (Phi) is 6.73. The predicted molar refractivity (Wildman–Crippen MR) is 75.9 cm³/mol. The maximum absolute atomic E-state index is 5.81. The first kappa shape index (κ1) is 15.0. The van der Waals surface area contributed by atoms with Crippen LogP contribution in [0.1, 0.15) is 44.9 Å². The molecule has 0 bridgehead atoms. The van der Waals surface area contributed by atoms with Crippen molar-refractivity contribution in [1.82, 2.24) is 10.3 Å². The second-order valence-corrected chi connectivity index (χ2v) is 4.73. The monoisotopic (exact) mass is 250 g/mol. The van der Waals surface area contributed by atoms with Gasteiger partial charge in [-0.15, -0.1) is 0 Å². The molecule has 0 fully saturated rings. The van der Waals surface area contributed by atoms with Gasteiger partial charge in [-0.25, -0.2) is 4.98 Å². The van der Waals surface area contributed by atoms with Crippen molar-refractivity contribution in [1.29, 1.82) is 0 Å². The third kappa shape index (κ3) is 5.05. The van der Waals surface area contributed by atoms with Gasteiger partial charge in [-0.1, -0.05) is 33.6 Å². The van der Waals surface area contributed by atoms with E-state index in [9.17, 15) is 0 Å². The Labute approximate surface area is 111 Å². The number of hydrogen-bond acceptors (Lipinski definition) is 3. The van der Waals surface area contributed by atoms with Crippen molar-refractivity contribution < 1.29 is 4.74 Å². The second kappa shape index (κ2) is 8.09. The van der Waals surface area contributed by atoms with Crippen molar-refractivity contribution in [2.45, 2.75) is 47.1 Å². The summed E-state index contributed by atoms with van der Waals surface area (Å²) in [5, 5.41) is 3.32. The maximum atomic E-state index is 5.81. The summed E-state index contributed by atoms with van der Waals surface area (Å²) in [6, 6.07) is 4.14. The summed E-state index contributed by atoms with van der Waals surface area (Å²) >= 11 is 0. The number of aryl methyl sites for hydroxylation is 1. The molecule has 3 nitrogen and oxygen atoms in total. The van der Waals surface area contributed by atoms with Gasteiger partial charge in [0, 0.05) is 18.3 Å². The van der Waals surface area contributed by atoms with Gasteiger partial charge >= 0.3 is 0 Å². The Bertz CT molecular complexity index is 348. The fourth-order valence-corrected chi connectivity index (χ4v) is 1.88. The molecule has 0 aliphatic rings. The molecular weight excluding hydrogens is 224 g/mol. The average molecular weight is 250 g/mol. The highest BCUT2D eigenvalue weighted by molar-refractivity contribution is 5.24. The third-order valence-electron chi connectivity index (χ3n) is 3.19. The minimum absolute atomic E-state index is 0.629. The highest BCUT2D eigenvalue weighted by Crippen LogP contribution is 2.15. The van der Waals surface area contributed by atoms with Crippen molar-refractivity contribution in [2.24, 2.45) is 5.92 Å². The summed E-state index contributed by atoms with van der Waals surface area (Å²) in [5.41, 5.74) is 2.26. The lowest BCUT2D eigenvalue weighted by molar-refractivity contribution is 0.232. The molecule has 0 amide bonds. The van der Waals surface area contributed by atoms with E-state index in [-0.39, 0.29) is 0 Å². The zero-order valence-electron chi connectivity index (χ0n) is 12.1. The smallest absolute Gasteiger partial charge is 0.213 e. The molecule has 3 heteroatoms. The lowest BCUT2D eigenvalue weighted by Gasteiger charge is -2.14. The van der Waals surface area contributed by atoms with Crippen LogP contribution in [0.3, 0.4) is 0 Å². The highest BCUT2D eigenvalue weighted by atomic mass is 16.5. The number of hydrogen-bond donors (Lipinski definition) is 1. The average Bonchev–Trinajstić information content (AvgIpc) is 2.37. The summed E-state index contributed by atoms with van der Waals surface area (Å²) in [5.74, 6) is 1.39. The Morgan fingerprint density at radius 1 is 1.22 bits per heavy atom. The van der Waals surface area contributed by atoms with Crippen LogP contribution in [-0.2, 0) is 6.54 Å². The van der Waals surface area contributed by atoms with E-state index in [2.05, 4.69) is 37.1 Å². The van der Waals surface area contributed by atoms with Crippen LogP contribution in [0.2, 0.25) is 0 Å². The van der Waals surface area contributed by atoms with E-state index in [1.807, 2.05) is 13.0 Å². The van der Waals surface area contributed by atoms with Gasteiger partial charge in [0.1, 0.15) is 0 Å². The summed E-state index contributed by atoms with van der Waals surface area (Å²) in [6.45, 7) is 11.2. The first-order valence-corrected chi connectivity index (χ1v) is 7.00. The van der Waals surface area contributed by atoms with Gasteiger partial charge in [0.25, 0.3) is 0 Å². The predicted octanol–water partition coefficient (Wildman–Crippen LogP) is 3.31. The quantitative estimate of drug-likeness (QED) is 0.768. The fourth-order valence-electron chi connectivity index (χ4n) is 1.88. The first-order chi connectivity index (χ1) is 8.69. The maximum Gasteiger partial charge on any atom is 0.213 e. The Hall–Kier alpha value is -1.09. The fraction of sp³-hybridized carbons (Fsp3) is 0.667. The molecule has 0 unspecified atom stereocenters. The molecule has 102 valence electrons. The number of nitrogens with one attached hydrogen (secondary N) is 1. The first-order valence-electron chi connectivity index (χ1n) is 7.00. The van der Waals surface area contributed by atoms with Crippen LogP contribution >= 0.6 is 0 Å². The molecule has 0 radical (unpaired) electrons. The van der Waals surface area contributed by atoms with Gasteiger partial charge in [0.15, 0.2) is 0 Å². The molecule has 0 aromatic carbocycles. The number of nitrogens with zero attached hydrogens (tertiary/aromatic N) is 1. The van der Waals surface area contributed by atoms with Crippen LogP contribution < -0.4 is 10.1 Å². The van der Waals surface area contributed by atoms with Gasteiger partial charge in [0.05, 0.1) is 6.61 Å². The molecule has 1 heterocycles. The van der Waals surface area contributed by atoms with E-state index in [0.717, 1.165) is 44.1 Å². The van der Waals surface area contributed by atoms with Crippen LogP contribution in [0.4, 0.5) is 0 Å². The summed E-state index contributed by atoms with van der Waals surface area (Å²) in [6.07, 6.45) is 2.32. The number of pyridine rings is 1. The van der Waals surface area contributed by atoms with Crippen LogP contribution in [0.25, 0.3) is 0 Å². The van der Waals surface area contributed by atoms with Gasteiger partial charge in [0.2, 0.25) is 5.88 Å². The van der Waals surface area contributed by atoms with Crippen molar-refractivity contribution in [3.63, 3.8) is 0 Å². The lowest BCUT2D eigenvalue weighted by Crippen LogP contribution is -2.14. The molecule has 1 N–H and O–H groups in total. The summed E-state index contributed by atoms with van der Waals surface area (Å²) in [7, 11) is 0. The standard InChI is InChI=1S/C15H26N2O/c1-5-13(6-2)11-18-15-9-14(10-16-7-3)8-12(4)17-15/h8-9,13,16H,5-7,10-11H2,1-4H3. The van der Waals surface area contributed by atoms with Gasteiger partial charge < -0.3 is 10.1 Å². The summed E-state index contributed by atoms with van der Waals surface area (Å²) < 4.78 is 5.81. The van der Waals surface area contributed by atoms with Crippen molar-refractivity contribution in [3.8, 4) is 5.88 Å². The molecule has 18 heavy (non-hydrogen) atoms. The lowest BCUT2D eigenvalue weighted by atomic mass is 10.1. The topological polar surface area (TPSA) is 34.2 Å². The zero-order chi connectivity index (χ0) is 13.4. The molecule has 0 atom stereocenters. The normalized spacial score (nSPS) is 10.9. The SMILES string of the molecule is CCNCc1cc(C)nc(OCC(CC)CC)c1. The van der Waals surface area contributed by atoms with Crippen molar-refractivity contribution >= 4 is 0 Å². The van der Waals surface area contributed by atoms with Crippen LogP contribution in [-0.4, -0.2) is 18.1 Å². The molecule has 1 rings (SSSR count). The Morgan fingerprint density at radius 3 is 2.56 bits per heavy atom. The van der Waals surface area contributed by atoms with Crippen molar-refractivity contribution in [2.75, 3.05) is 13.2 Å². The molecule has 0 saturated heterocycles. The van der Waals surface area contributed by atoms with E-state index in [0.29, 0.717) is 5.92 Å². The van der Waals surface area contributed by atoms with E-state index in [1.54, 1.807) is 0 Å².